The Bertz CT molecular complexity index is 1530. The van der Waals surface area contributed by atoms with E-state index < -0.39 is 21.7 Å². The molecule has 0 radical (unpaired) electrons. The molecule has 8 nitrogen and oxygen atoms in total. The van der Waals surface area contributed by atoms with Gasteiger partial charge in [-0.15, -0.1) is 0 Å². The fraction of sp³-hybridized carbons (Fsp3) is 0.290. The summed E-state index contributed by atoms with van der Waals surface area (Å²) in [5.74, 6) is 0.738. The van der Waals surface area contributed by atoms with Crippen molar-refractivity contribution in [3.63, 3.8) is 0 Å². The smallest absolute Gasteiger partial charge is 0.410 e. The van der Waals surface area contributed by atoms with Gasteiger partial charge in [0, 0.05) is 42.7 Å². The van der Waals surface area contributed by atoms with E-state index in [4.69, 9.17) is 9.47 Å². The SMILES string of the molecule is CC(C)(C)OC(=O)N(CCNS(=O)(=O)c1cccc2cnccc12)CCOc1ccccc1Cc1ccccc1. The molecule has 0 aliphatic heterocycles. The van der Waals surface area contributed by atoms with Crippen molar-refractivity contribution in [2.45, 2.75) is 37.7 Å². The van der Waals surface area contributed by atoms with E-state index in [0.29, 0.717) is 5.39 Å². The van der Waals surface area contributed by atoms with Gasteiger partial charge in [-0.1, -0.05) is 60.7 Å². The Morgan fingerprint density at radius 3 is 2.45 bits per heavy atom. The third kappa shape index (κ3) is 8.03. The molecule has 1 amide bonds. The predicted molar refractivity (Wildman–Crippen MR) is 156 cm³/mol. The van der Waals surface area contributed by atoms with Crippen LogP contribution in [-0.2, 0) is 21.2 Å². The summed E-state index contributed by atoms with van der Waals surface area (Å²) in [4.78, 5) is 18.7. The first-order valence-electron chi connectivity index (χ1n) is 13.2. The van der Waals surface area contributed by atoms with Crippen LogP contribution < -0.4 is 9.46 Å². The van der Waals surface area contributed by atoms with E-state index in [2.05, 4.69) is 21.8 Å². The molecular weight excluding hydrogens is 526 g/mol. The van der Waals surface area contributed by atoms with Crippen molar-refractivity contribution in [1.29, 1.82) is 0 Å². The molecule has 0 aliphatic rings. The monoisotopic (exact) mass is 561 g/mol. The fourth-order valence-corrected chi connectivity index (χ4v) is 5.46. The maximum atomic E-state index is 13.1. The van der Waals surface area contributed by atoms with Crippen LogP contribution in [0.25, 0.3) is 10.8 Å². The highest BCUT2D eigenvalue weighted by Crippen LogP contribution is 2.23. The van der Waals surface area contributed by atoms with Crippen LogP contribution in [0.5, 0.6) is 5.75 Å². The van der Waals surface area contributed by atoms with Gasteiger partial charge in [0.2, 0.25) is 10.0 Å². The number of sulfonamides is 1. The minimum atomic E-state index is -3.83. The summed E-state index contributed by atoms with van der Waals surface area (Å²) >= 11 is 0. The number of amides is 1. The predicted octanol–water partition coefficient (Wildman–Crippen LogP) is 5.42. The molecule has 9 heteroatoms. The van der Waals surface area contributed by atoms with Crippen LogP contribution in [0.1, 0.15) is 31.9 Å². The van der Waals surface area contributed by atoms with Gasteiger partial charge in [-0.3, -0.25) is 4.98 Å². The van der Waals surface area contributed by atoms with Crippen LogP contribution in [-0.4, -0.2) is 56.2 Å². The van der Waals surface area contributed by atoms with Crippen molar-refractivity contribution in [3.8, 4) is 5.75 Å². The van der Waals surface area contributed by atoms with Gasteiger partial charge in [-0.05, 0) is 50.1 Å². The summed E-state index contributed by atoms with van der Waals surface area (Å²) in [5.41, 5.74) is 1.51. The van der Waals surface area contributed by atoms with Gasteiger partial charge < -0.3 is 14.4 Å². The lowest BCUT2D eigenvalue weighted by Crippen LogP contribution is -2.43. The number of benzene rings is 3. The Morgan fingerprint density at radius 1 is 0.925 bits per heavy atom. The number of nitrogens with one attached hydrogen (secondary N) is 1. The maximum absolute atomic E-state index is 13.1. The highest BCUT2D eigenvalue weighted by Gasteiger charge is 2.23. The zero-order valence-electron chi connectivity index (χ0n) is 23.0. The second kappa shape index (κ2) is 12.9. The Kier molecular flexibility index (Phi) is 9.39. The van der Waals surface area contributed by atoms with Gasteiger partial charge in [0.15, 0.2) is 0 Å². The van der Waals surface area contributed by atoms with Crippen molar-refractivity contribution in [2.24, 2.45) is 0 Å². The number of para-hydroxylation sites is 1. The molecule has 40 heavy (non-hydrogen) atoms. The molecule has 4 rings (SSSR count). The molecule has 3 aromatic carbocycles. The lowest BCUT2D eigenvalue weighted by atomic mass is 10.0. The first-order valence-corrected chi connectivity index (χ1v) is 14.7. The van der Waals surface area contributed by atoms with Crippen LogP contribution in [0.15, 0.2) is 96.2 Å². The molecule has 1 heterocycles. The van der Waals surface area contributed by atoms with Gasteiger partial charge in [0.1, 0.15) is 18.0 Å². The number of carbonyl (C=O) groups is 1. The average molecular weight is 562 g/mol. The Morgan fingerprint density at radius 2 is 1.68 bits per heavy atom. The molecule has 0 spiro atoms. The molecule has 0 unspecified atom stereocenters. The van der Waals surface area contributed by atoms with E-state index in [0.717, 1.165) is 23.1 Å². The van der Waals surface area contributed by atoms with E-state index in [-0.39, 0.29) is 31.1 Å². The standard InChI is InChI=1S/C31H35N3O5S/c1-31(2,3)39-30(35)34(19-18-33-40(36,37)29-15-9-13-26-23-32-17-16-27(26)29)20-21-38-28-14-8-7-12-25(28)22-24-10-5-4-6-11-24/h4-17,23,33H,18-22H2,1-3H3. The van der Waals surface area contributed by atoms with Gasteiger partial charge in [-0.2, -0.15) is 0 Å². The van der Waals surface area contributed by atoms with E-state index in [1.165, 1.54) is 10.5 Å². The van der Waals surface area contributed by atoms with E-state index in [1.807, 2.05) is 48.5 Å². The van der Waals surface area contributed by atoms with Crippen LogP contribution in [0.2, 0.25) is 0 Å². The summed E-state index contributed by atoms with van der Waals surface area (Å²) in [6.07, 6.45) is 3.36. The van der Waals surface area contributed by atoms with Gasteiger partial charge >= 0.3 is 6.09 Å². The molecule has 1 aromatic heterocycles. The quantitative estimate of drug-likeness (QED) is 0.263. The molecule has 4 aromatic rings. The fourth-order valence-electron chi connectivity index (χ4n) is 4.21. The van der Waals surface area contributed by atoms with Crippen LogP contribution in [0.4, 0.5) is 4.79 Å². The second-order valence-electron chi connectivity index (χ2n) is 10.3. The lowest BCUT2D eigenvalue weighted by Gasteiger charge is -2.27. The summed E-state index contributed by atoms with van der Waals surface area (Å²) < 4.78 is 40.5. The van der Waals surface area contributed by atoms with Crippen molar-refractivity contribution in [3.05, 3.63) is 102 Å². The lowest BCUT2D eigenvalue weighted by molar-refractivity contribution is 0.0230. The zero-order valence-corrected chi connectivity index (χ0v) is 23.9. The van der Waals surface area contributed by atoms with E-state index >= 15 is 0 Å². The number of rotatable bonds is 11. The third-order valence-electron chi connectivity index (χ3n) is 6.08. The maximum Gasteiger partial charge on any atom is 0.410 e. The van der Waals surface area contributed by atoms with Crippen molar-refractivity contribution < 1.29 is 22.7 Å². The molecular formula is C31H35N3O5S. The summed E-state index contributed by atoms with van der Waals surface area (Å²) in [6, 6.07) is 24.6. The van der Waals surface area contributed by atoms with Gasteiger partial charge in [0.05, 0.1) is 11.4 Å². The molecule has 0 saturated carbocycles. The summed E-state index contributed by atoms with van der Waals surface area (Å²) in [7, 11) is -3.83. The topological polar surface area (TPSA) is 97.8 Å². The average Bonchev–Trinajstić information content (AvgIpc) is 2.92. The number of carbonyl (C=O) groups excluding carboxylic acids is 1. The van der Waals surface area contributed by atoms with Crippen molar-refractivity contribution in [2.75, 3.05) is 26.2 Å². The molecule has 1 N–H and O–H groups in total. The second-order valence-corrected chi connectivity index (χ2v) is 12.1. The number of nitrogens with zero attached hydrogens (tertiary/aromatic N) is 2. The zero-order chi connectivity index (χ0) is 28.6. The van der Waals surface area contributed by atoms with E-state index in [9.17, 15) is 13.2 Å². The first kappa shape index (κ1) is 29.0. The van der Waals surface area contributed by atoms with Crippen LogP contribution in [0.3, 0.4) is 0 Å². The van der Waals surface area contributed by atoms with Gasteiger partial charge in [-0.25, -0.2) is 17.9 Å². The Labute approximate surface area is 236 Å². The van der Waals surface area contributed by atoms with Crippen LogP contribution >= 0.6 is 0 Å². The normalized spacial score (nSPS) is 11.8. The number of pyridine rings is 1. The molecule has 210 valence electrons. The third-order valence-corrected chi connectivity index (χ3v) is 7.60. The van der Waals surface area contributed by atoms with Gasteiger partial charge in [0.25, 0.3) is 0 Å². The summed E-state index contributed by atoms with van der Waals surface area (Å²) in [6.45, 7) is 5.92. The minimum Gasteiger partial charge on any atom is -0.491 e. The van der Waals surface area contributed by atoms with Crippen molar-refractivity contribution >= 4 is 26.9 Å². The van der Waals surface area contributed by atoms with Crippen molar-refractivity contribution in [1.82, 2.24) is 14.6 Å². The number of fused-ring (bicyclic) bond motifs is 1. The number of aromatic nitrogens is 1. The molecule has 0 atom stereocenters. The number of hydrogen-bond acceptors (Lipinski definition) is 6. The summed E-state index contributed by atoms with van der Waals surface area (Å²) in [5, 5.41) is 1.31. The van der Waals surface area contributed by atoms with E-state index in [1.54, 1.807) is 51.4 Å². The molecule has 0 bridgehead atoms. The first-order chi connectivity index (χ1) is 19.1. The highest BCUT2D eigenvalue weighted by molar-refractivity contribution is 7.89. The highest BCUT2D eigenvalue weighted by atomic mass is 32.2. The minimum absolute atomic E-state index is 0.00758. The number of hydrogen-bond donors (Lipinski definition) is 1. The molecule has 0 saturated heterocycles. The van der Waals surface area contributed by atoms with Crippen LogP contribution in [0, 0.1) is 0 Å². The largest absolute Gasteiger partial charge is 0.491 e. The molecule has 0 fully saturated rings. The number of ether oxygens (including phenoxy) is 2. The Balaban J connectivity index is 1.41. The molecule has 0 aliphatic carbocycles. The Hall–Kier alpha value is -3.95.